The van der Waals surface area contributed by atoms with E-state index < -0.39 is 5.66 Å². The Kier molecular flexibility index (Phi) is 4.50. The van der Waals surface area contributed by atoms with Crippen molar-refractivity contribution in [1.29, 1.82) is 10.5 Å². The first-order valence-corrected chi connectivity index (χ1v) is 13.0. The fraction of sp³-hybridized carbons (Fsp3) is 0.0286. The van der Waals surface area contributed by atoms with Crippen LogP contribution in [0.5, 0.6) is 0 Å². The second-order valence-electron chi connectivity index (χ2n) is 10.1. The Morgan fingerprint density at radius 3 is 1.73 bits per heavy atom. The maximum absolute atomic E-state index is 9.60. The summed E-state index contributed by atoms with van der Waals surface area (Å²) in [5.74, 6) is 0. The molecule has 0 saturated heterocycles. The lowest BCUT2D eigenvalue weighted by atomic mass is 9.96. The van der Waals surface area contributed by atoms with E-state index in [1.54, 1.807) is 0 Å². The Bertz CT molecular complexity index is 2070. The van der Waals surface area contributed by atoms with Gasteiger partial charge in [0.2, 0.25) is 5.66 Å². The van der Waals surface area contributed by atoms with Crippen molar-refractivity contribution in [2.24, 2.45) is 9.98 Å². The van der Waals surface area contributed by atoms with Crippen LogP contribution in [0.4, 0.5) is 0 Å². The molecule has 40 heavy (non-hydrogen) atoms. The Balaban J connectivity index is 1.26. The molecule has 2 aliphatic rings. The molecule has 1 aromatic heterocycles. The van der Waals surface area contributed by atoms with E-state index in [1.807, 2.05) is 42.6 Å². The molecule has 0 bridgehead atoms. The summed E-state index contributed by atoms with van der Waals surface area (Å²) in [6.45, 7) is 0. The monoisotopic (exact) mass is 509 g/mol. The van der Waals surface area contributed by atoms with Crippen molar-refractivity contribution in [2.75, 3.05) is 0 Å². The molecule has 1 aliphatic heterocycles. The number of nitrogens with zero attached hydrogens (tertiary/aromatic N) is 5. The average molecular weight is 510 g/mol. The minimum absolute atomic E-state index is 0.556. The highest BCUT2D eigenvalue weighted by atomic mass is 15.1. The average Bonchev–Trinajstić information content (AvgIpc) is 3.69. The van der Waals surface area contributed by atoms with Gasteiger partial charge in [-0.25, -0.2) is 4.99 Å². The Hall–Kier alpha value is -5.78. The SMILES string of the molecule is N#Cc1ccc2c(c1)C1(N=CC(c3ccc(-n4c5ccccc5c5ccccc54)cc3)=N1)c1cc(C#N)ccc1-2. The number of aliphatic imine (C=N–C) groups is 2. The van der Waals surface area contributed by atoms with E-state index in [0.29, 0.717) is 11.1 Å². The highest BCUT2D eigenvalue weighted by molar-refractivity contribution is 6.39. The molecule has 0 atom stereocenters. The first kappa shape index (κ1) is 22.2. The van der Waals surface area contributed by atoms with E-state index in [0.717, 1.165) is 50.2 Å². The number of fused-ring (bicyclic) bond motifs is 8. The number of hydrogen-bond donors (Lipinski definition) is 0. The first-order valence-electron chi connectivity index (χ1n) is 13.0. The Morgan fingerprint density at radius 2 is 1.18 bits per heavy atom. The lowest BCUT2D eigenvalue weighted by Crippen LogP contribution is -2.18. The van der Waals surface area contributed by atoms with Crippen LogP contribution in [0, 0.1) is 22.7 Å². The van der Waals surface area contributed by atoms with Crippen molar-refractivity contribution in [2.45, 2.75) is 5.66 Å². The number of nitriles is 2. The van der Waals surface area contributed by atoms with Gasteiger partial charge in [0.15, 0.2) is 0 Å². The molecule has 0 amide bonds. The van der Waals surface area contributed by atoms with Gasteiger partial charge in [-0.2, -0.15) is 10.5 Å². The van der Waals surface area contributed by atoms with Gasteiger partial charge in [-0.15, -0.1) is 0 Å². The topological polar surface area (TPSA) is 77.2 Å². The fourth-order valence-corrected chi connectivity index (χ4v) is 6.19. The molecule has 0 saturated carbocycles. The van der Waals surface area contributed by atoms with Crippen molar-refractivity contribution in [3.63, 3.8) is 0 Å². The van der Waals surface area contributed by atoms with E-state index in [4.69, 9.17) is 9.98 Å². The molecule has 0 unspecified atom stereocenters. The summed E-state index contributed by atoms with van der Waals surface area (Å²) >= 11 is 0. The number of rotatable bonds is 2. The van der Waals surface area contributed by atoms with Gasteiger partial charge in [0.25, 0.3) is 0 Å². The van der Waals surface area contributed by atoms with Crippen LogP contribution in [-0.2, 0) is 5.66 Å². The quantitative estimate of drug-likeness (QED) is 0.246. The number of aromatic nitrogens is 1. The number of benzene rings is 5. The van der Waals surface area contributed by atoms with E-state index in [2.05, 4.69) is 89.5 Å². The molecule has 8 rings (SSSR count). The molecule has 1 spiro atoms. The maximum atomic E-state index is 9.60. The van der Waals surface area contributed by atoms with Gasteiger partial charge in [-0.3, -0.25) is 4.99 Å². The van der Waals surface area contributed by atoms with E-state index >= 15 is 0 Å². The van der Waals surface area contributed by atoms with Crippen LogP contribution in [0.2, 0.25) is 0 Å². The normalized spacial score (nSPS) is 14.2. The molecule has 0 fully saturated rings. The van der Waals surface area contributed by atoms with Crippen LogP contribution >= 0.6 is 0 Å². The fourth-order valence-electron chi connectivity index (χ4n) is 6.19. The molecule has 5 aromatic carbocycles. The van der Waals surface area contributed by atoms with Gasteiger partial charge < -0.3 is 4.57 Å². The van der Waals surface area contributed by atoms with E-state index in [1.165, 1.54) is 10.8 Å². The zero-order valence-electron chi connectivity index (χ0n) is 21.2. The minimum atomic E-state index is -1.01. The maximum Gasteiger partial charge on any atom is 0.203 e. The second-order valence-corrected chi connectivity index (χ2v) is 10.1. The van der Waals surface area contributed by atoms with Crippen molar-refractivity contribution in [3.05, 3.63) is 137 Å². The van der Waals surface area contributed by atoms with Crippen molar-refractivity contribution >= 4 is 33.7 Å². The third kappa shape index (κ3) is 2.95. The molecule has 184 valence electrons. The molecule has 1 aliphatic carbocycles. The van der Waals surface area contributed by atoms with Crippen molar-refractivity contribution in [3.8, 4) is 29.0 Å². The van der Waals surface area contributed by atoms with Gasteiger partial charge in [0, 0.05) is 33.2 Å². The summed E-state index contributed by atoms with van der Waals surface area (Å²) in [7, 11) is 0. The summed E-state index contributed by atoms with van der Waals surface area (Å²) in [6, 6.07) is 41.1. The molecular formula is C35H19N5. The standard InChI is InChI=1S/C35H19N5/c36-19-22-9-15-26-27-16-10-23(20-37)18-31(27)35(30(26)17-22)38-21-32(39-35)24-11-13-25(14-12-24)40-33-7-3-1-5-28(33)29-6-2-4-8-34(29)40/h1-18,21H. The van der Waals surface area contributed by atoms with Gasteiger partial charge >= 0.3 is 0 Å². The van der Waals surface area contributed by atoms with Crippen molar-refractivity contribution < 1.29 is 0 Å². The van der Waals surface area contributed by atoms with Crippen LogP contribution < -0.4 is 0 Å². The lowest BCUT2D eigenvalue weighted by Gasteiger charge is -2.20. The molecule has 0 radical (unpaired) electrons. The predicted octanol–water partition coefficient (Wildman–Crippen LogP) is 7.28. The van der Waals surface area contributed by atoms with Gasteiger partial charge in [-0.1, -0.05) is 60.7 Å². The van der Waals surface area contributed by atoms with Gasteiger partial charge in [-0.05, 0) is 59.7 Å². The molecule has 5 heteroatoms. The smallest absolute Gasteiger partial charge is 0.203 e. The zero-order chi connectivity index (χ0) is 26.8. The zero-order valence-corrected chi connectivity index (χ0v) is 21.2. The van der Waals surface area contributed by atoms with Gasteiger partial charge in [0.05, 0.1) is 46.2 Å². The highest BCUT2D eigenvalue weighted by Gasteiger charge is 2.45. The first-order chi connectivity index (χ1) is 19.7. The van der Waals surface area contributed by atoms with Gasteiger partial charge in [0.1, 0.15) is 0 Å². The third-order valence-corrected chi connectivity index (χ3v) is 8.00. The van der Waals surface area contributed by atoms with Crippen LogP contribution in [-0.4, -0.2) is 16.5 Å². The minimum Gasteiger partial charge on any atom is -0.309 e. The van der Waals surface area contributed by atoms with Crippen LogP contribution in [0.25, 0.3) is 38.6 Å². The molecule has 0 N–H and O–H groups in total. The van der Waals surface area contributed by atoms with E-state index in [9.17, 15) is 10.5 Å². The highest BCUT2D eigenvalue weighted by Crippen LogP contribution is 2.52. The lowest BCUT2D eigenvalue weighted by molar-refractivity contribution is 0.607. The second kappa shape index (κ2) is 8.11. The molecule has 2 heterocycles. The summed E-state index contributed by atoms with van der Waals surface area (Å²) in [5.41, 5.74) is 8.92. The number of para-hydroxylation sites is 2. The summed E-state index contributed by atoms with van der Waals surface area (Å²) in [4.78, 5) is 10.1. The Labute approximate surface area is 230 Å². The molecule has 6 aromatic rings. The molecular weight excluding hydrogens is 490 g/mol. The Morgan fingerprint density at radius 1 is 0.625 bits per heavy atom. The summed E-state index contributed by atoms with van der Waals surface area (Å²) in [5, 5.41) is 21.6. The van der Waals surface area contributed by atoms with E-state index in [-0.39, 0.29) is 0 Å². The van der Waals surface area contributed by atoms with Crippen LogP contribution in [0.15, 0.2) is 119 Å². The summed E-state index contributed by atoms with van der Waals surface area (Å²) < 4.78 is 2.29. The third-order valence-electron chi connectivity index (χ3n) is 8.00. The van der Waals surface area contributed by atoms with Crippen molar-refractivity contribution in [1.82, 2.24) is 4.57 Å². The predicted molar refractivity (Wildman–Crippen MR) is 158 cm³/mol. The van der Waals surface area contributed by atoms with Crippen LogP contribution in [0.1, 0.15) is 27.8 Å². The largest absolute Gasteiger partial charge is 0.309 e. The summed E-state index contributed by atoms with van der Waals surface area (Å²) in [6.07, 6.45) is 1.81. The number of hydrogen-bond acceptors (Lipinski definition) is 4. The van der Waals surface area contributed by atoms with Crippen LogP contribution in [0.3, 0.4) is 0 Å². The molecule has 5 nitrogen and oxygen atoms in total.